The third kappa shape index (κ3) is 4.03. The van der Waals surface area contributed by atoms with E-state index in [1.807, 2.05) is 25.1 Å². The molecule has 2 aromatic carbocycles. The van der Waals surface area contributed by atoms with Crippen LogP contribution in [-0.2, 0) is 11.3 Å². The largest absolute Gasteiger partial charge is 0.325 e. The average molecular weight is 351 g/mol. The molecule has 1 amide bonds. The Morgan fingerprint density at radius 3 is 2.54 bits per heavy atom. The number of hydrogen-bond donors (Lipinski definition) is 1. The van der Waals surface area contributed by atoms with Crippen molar-refractivity contribution in [3.05, 3.63) is 82.0 Å². The molecule has 0 atom stereocenters. The van der Waals surface area contributed by atoms with Crippen LogP contribution in [0.2, 0.25) is 0 Å². The highest BCUT2D eigenvalue weighted by atomic mass is 19.1. The summed E-state index contributed by atoms with van der Waals surface area (Å²) in [4.78, 5) is 29.2. The number of aromatic nitrogens is 2. The second-order valence-corrected chi connectivity index (χ2v) is 6.07. The molecule has 0 unspecified atom stereocenters. The zero-order chi connectivity index (χ0) is 18.7. The molecule has 3 aromatic rings. The van der Waals surface area contributed by atoms with Crippen LogP contribution >= 0.6 is 0 Å². The minimum atomic E-state index is -0.382. The molecule has 0 saturated heterocycles. The molecule has 1 aromatic heterocycles. The van der Waals surface area contributed by atoms with Crippen LogP contribution in [0.3, 0.4) is 0 Å². The molecule has 1 N–H and O–H groups in total. The first-order valence-corrected chi connectivity index (χ1v) is 8.13. The predicted octanol–water partition coefficient (Wildman–Crippen LogP) is 3.30. The highest BCUT2D eigenvalue weighted by molar-refractivity contribution is 5.90. The van der Waals surface area contributed by atoms with Gasteiger partial charge in [0.25, 0.3) is 5.56 Å². The lowest BCUT2D eigenvalue weighted by Crippen LogP contribution is -2.29. The normalized spacial score (nSPS) is 10.6. The molecule has 0 aliphatic rings. The summed E-state index contributed by atoms with van der Waals surface area (Å²) < 4.78 is 14.5. The Balaban J connectivity index is 1.93. The fraction of sp³-hybridized carbons (Fsp3) is 0.150. The van der Waals surface area contributed by atoms with Gasteiger partial charge in [0.15, 0.2) is 0 Å². The first-order chi connectivity index (χ1) is 12.4. The van der Waals surface area contributed by atoms with Crippen LogP contribution in [0.25, 0.3) is 11.4 Å². The van der Waals surface area contributed by atoms with Crippen molar-refractivity contribution in [3.63, 3.8) is 0 Å². The van der Waals surface area contributed by atoms with E-state index in [1.54, 1.807) is 13.0 Å². The molecule has 0 saturated carbocycles. The number of aryl methyl sites for hydroxylation is 2. The SMILES string of the molecule is Cc1cccc(NC(=O)Cn2c(-c3ccc(F)cc3)nc(C)cc2=O)c1. The van der Waals surface area contributed by atoms with E-state index in [2.05, 4.69) is 10.3 Å². The summed E-state index contributed by atoms with van der Waals surface area (Å²) in [6.45, 7) is 3.44. The number of hydrogen-bond acceptors (Lipinski definition) is 3. The Kier molecular flexibility index (Phi) is 4.93. The summed E-state index contributed by atoms with van der Waals surface area (Å²) in [6, 6.07) is 14.4. The van der Waals surface area contributed by atoms with E-state index in [9.17, 15) is 14.0 Å². The summed E-state index contributed by atoms with van der Waals surface area (Å²) in [7, 11) is 0. The van der Waals surface area contributed by atoms with Gasteiger partial charge in [0.05, 0.1) is 0 Å². The zero-order valence-corrected chi connectivity index (χ0v) is 14.5. The first kappa shape index (κ1) is 17.5. The van der Waals surface area contributed by atoms with Gasteiger partial charge < -0.3 is 5.32 Å². The highest BCUT2D eigenvalue weighted by Crippen LogP contribution is 2.17. The van der Waals surface area contributed by atoms with Gasteiger partial charge in [-0.05, 0) is 55.8 Å². The lowest BCUT2D eigenvalue weighted by molar-refractivity contribution is -0.116. The van der Waals surface area contributed by atoms with E-state index in [0.29, 0.717) is 22.8 Å². The van der Waals surface area contributed by atoms with Gasteiger partial charge in [-0.2, -0.15) is 0 Å². The Morgan fingerprint density at radius 2 is 1.85 bits per heavy atom. The molecule has 1 heterocycles. The van der Waals surface area contributed by atoms with Gasteiger partial charge in [-0.3, -0.25) is 14.2 Å². The van der Waals surface area contributed by atoms with Crippen molar-refractivity contribution in [2.24, 2.45) is 0 Å². The van der Waals surface area contributed by atoms with E-state index >= 15 is 0 Å². The Hall–Kier alpha value is -3.28. The van der Waals surface area contributed by atoms with Gasteiger partial charge in [-0.15, -0.1) is 0 Å². The van der Waals surface area contributed by atoms with Crippen molar-refractivity contribution in [2.45, 2.75) is 20.4 Å². The molecular formula is C20H18FN3O2. The van der Waals surface area contributed by atoms with E-state index in [1.165, 1.54) is 34.9 Å². The highest BCUT2D eigenvalue weighted by Gasteiger charge is 2.13. The van der Waals surface area contributed by atoms with Gasteiger partial charge in [-0.25, -0.2) is 9.37 Å². The third-order valence-electron chi connectivity index (χ3n) is 3.84. The summed E-state index contributed by atoms with van der Waals surface area (Å²) >= 11 is 0. The van der Waals surface area contributed by atoms with Gasteiger partial charge >= 0.3 is 0 Å². The fourth-order valence-corrected chi connectivity index (χ4v) is 2.66. The van der Waals surface area contributed by atoms with Crippen molar-refractivity contribution in [3.8, 4) is 11.4 Å². The number of benzene rings is 2. The Labute approximate surface area is 150 Å². The summed E-state index contributed by atoms with van der Waals surface area (Å²) in [5.74, 6) is -0.395. The minimum Gasteiger partial charge on any atom is -0.325 e. The maximum Gasteiger partial charge on any atom is 0.254 e. The molecule has 0 aliphatic heterocycles. The van der Waals surface area contributed by atoms with Crippen molar-refractivity contribution in [1.82, 2.24) is 9.55 Å². The van der Waals surface area contributed by atoms with E-state index in [-0.39, 0.29) is 23.8 Å². The van der Waals surface area contributed by atoms with Crippen molar-refractivity contribution >= 4 is 11.6 Å². The monoisotopic (exact) mass is 351 g/mol. The molecule has 6 heteroatoms. The van der Waals surface area contributed by atoms with Crippen molar-refractivity contribution in [1.29, 1.82) is 0 Å². The van der Waals surface area contributed by atoms with Crippen LogP contribution in [0.5, 0.6) is 0 Å². The predicted molar refractivity (Wildman–Crippen MR) is 98.4 cm³/mol. The molecule has 3 rings (SSSR count). The smallest absolute Gasteiger partial charge is 0.254 e. The number of halogens is 1. The summed E-state index contributed by atoms with van der Waals surface area (Å²) in [5, 5.41) is 2.77. The maximum atomic E-state index is 13.2. The van der Waals surface area contributed by atoms with Crippen LogP contribution in [-0.4, -0.2) is 15.5 Å². The van der Waals surface area contributed by atoms with Crippen LogP contribution in [0, 0.1) is 19.7 Å². The number of nitrogens with zero attached hydrogens (tertiary/aromatic N) is 2. The summed E-state index contributed by atoms with van der Waals surface area (Å²) in [6.07, 6.45) is 0. The van der Waals surface area contributed by atoms with Gasteiger partial charge in [0.1, 0.15) is 18.2 Å². The summed E-state index contributed by atoms with van der Waals surface area (Å²) in [5.41, 5.74) is 2.44. The van der Waals surface area contributed by atoms with Crippen LogP contribution < -0.4 is 10.9 Å². The van der Waals surface area contributed by atoms with E-state index in [4.69, 9.17) is 0 Å². The number of rotatable bonds is 4. The Morgan fingerprint density at radius 1 is 1.12 bits per heavy atom. The molecule has 0 spiro atoms. The van der Waals surface area contributed by atoms with Crippen LogP contribution in [0.4, 0.5) is 10.1 Å². The number of amides is 1. The van der Waals surface area contributed by atoms with Gasteiger partial charge in [-0.1, -0.05) is 12.1 Å². The second kappa shape index (κ2) is 7.31. The van der Waals surface area contributed by atoms with E-state index < -0.39 is 0 Å². The lowest BCUT2D eigenvalue weighted by atomic mass is 10.2. The average Bonchev–Trinajstić information content (AvgIpc) is 2.58. The number of carbonyl (C=O) groups is 1. The number of nitrogens with one attached hydrogen (secondary N) is 1. The quantitative estimate of drug-likeness (QED) is 0.784. The first-order valence-electron chi connectivity index (χ1n) is 8.13. The van der Waals surface area contributed by atoms with Crippen molar-refractivity contribution in [2.75, 3.05) is 5.32 Å². The third-order valence-corrected chi connectivity index (χ3v) is 3.84. The molecule has 0 aliphatic carbocycles. The van der Waals surface area contributed by atoms with Gasteiger partial charge in [0, 0.05) is 23.0 Å². The number of carbonyl (C=O) groups excluding carboxylic acids is 1. The minimum absolute atomic E-state index is 0.188. The second-order valence-electron chi connectivity index (χ2n) is 6.07. The molecule has 26 heavy (non-hydrogen) atoms. The fourth-order valence-electron chi connectivity index (χ4n) is 2.66. The Bertz CT molecular complexity index is 1010. The molecule has 5 nitrogen and oxygen atoms in total. The van der Waals surface area contributed by atoms with Crippen LogP contribution in [0.1, 0.15) is 11.3 Å². The van der Waals surface area contributed by atoms with Crippen molar-refractivity contribution < 1.29 is 9.18 Å². The van der Waals surface area contributed by atoms with Gasteiger partial charge in [0.2, 0.25) is 5.91 Å². The molecule has 0 radical (unpaired) electrons. The zero-order valence-electron chi connectivity index (χ0n) is 14.5. The molecule has 0 bridgehead atoms. The standard InChI is InChI=1S/C20H18FN3O2/c1-13-4-3-5-17(10-13)23-18(25)12-24-19(26)11-14(2)22-20(24)15-6-8-16(21)9-7-15/h3-11H,12H2,1-2H3,(H,23,25). The topological polar surface area (TPSA) is 64.0 Å². The molecule has 0 fully saturated rings. The van der Waals surface area contributed by atoms with E-state index in [0.717, 1.165) is 5.56 Å². The van der Waals surface area contributed by atoms with Crippen LogP contribution in [0.15, 0.2) is 59.4 Å². The number of anilines is 1. The molecular weight excluding hydrogens is 333 g/mol. The molecule has 132 valence electrons. The maximum absolute atomic E-state index is 13.2. The lowest BCUT2D eigenvalue weighted by Gasteiger charge is -2.13.